The number of anilines is 1. The average Bonchev–Trinajstić information content (AvgIpc) is 3.27. The maximum atomic E-state index is 12.4. The third-order valence-corrected chi connectivity index (χ3v) is 5.28. The number of methoxy groups -OCH3 is 1. The fourth-order valence-corrected chi connectivity index (χ4v) is 3.61. The molecule has 6 nitrogen and oxygen atoms in total. The molecule has 0 bridgehead atoms. The number of benzene rings is 2. The topological polar surface area (TPSA) is 54.0 Å². The van der Waals surface area contributed by atoms with Crippen LogP contribution >= 0.6 is 0 Å². The first-order valence-electron chi connectivity index (χ1n) is 10.1. The molecule has 6 heteroatoms. The fourth-order valence-electron chi connectivity index (χ4n) is 3.61. The van der Waals surface area contributed by atoms with E-state index in [2.05, 4.69) is 39.4 Å². The molecule has 1 aliphatic rings. The lowest BCUT2D eigenvalue weighted by Gasteiger charge is -2.28. The molecule has 0 saturated carbocycles. The van der Waals surface area contributed by atoms with E-state index in [1.54, 1.807) is 13.2 Å². The maximum Gasteiger partial charge on any atom is 0.258 e. The second-order valence-corrected chi connectivity index (χ2v) is 7.52. The summed E-state index contributed by atoms with van der Waals surface area (Å²) in [7, 11) is 5.68. The number of nitrogens with one attached hydrogen (secondary N) is 1. The van der Waals surface area contributed by atoms with Crippen molar-refractivity contribution in [3.8, 4) is 11.5 Å². The number of amides is 1. The third-order valence-electron chi connectivity index (χ3n) is 5.28. The zero-order valence-electron chi connectivity index (χ0n) is 17.6. The van der Waals surface area contributed by atoms with Crippen molar-refractivity contribution in [1.82, 2.24) is 10.2 Å². The summed E-state index contributed by atoms with van der Waals surface area (Å²) in [6.07, 6.45) is 2.42. The molecular formula is C23H31N3O3. The summed E-state index contributed by atoms with van der Waals surface area (Å²) < 4.78 is 10.8. The van der Waals surface area contributed by atoms with Gasteiger partial charge in [-0.2, -0.15) is 0 Å². The van der Waals surface area contributed by atoms with Crippen molar-refractivity contribution < 1.29 is 14.3 Å². The number of hydrogen-bond donors (Lipinski definition) is 1. The Morgan fingerprint density at radius 1 is 1.10 bits per heavy atom. The smallest absolute Gasteiger partial charge is 0.258 e. The molecule has 156 valence electrons. The first-order valence-corrected chi connectivity index (χ1v) is 10.1. The van der Waals surface area contributed by atoms with Crippen LogP contribution in [0.5, 0.6) is 11.5 Å². The molecule has 0 radical (unpaired) electrons. The lowest BCUT2D eigenvalue weighted by molar-refractivity contribution is -0.123. The number of carbonyl (C=O) groups is 1. The van der Waals surface area contributed by atoms with Crippen molar-refractivity contribution in [2.45, 2.75) is 18.9 Å². The van der Waals surface area contributed by atoms with Crippen LogP contribution in [0.25, 0.3) is 0 Å². The molecule has 1 fully saturated rings. The van der Waals surface area contributed by atoms with Crippen molar-refractivity contribution in [2.24, 2.45) is 0 Å². The highest BCUT2D eigenvalue weighted by Gasteiger charge is 2.24. The van der Waals surface area contributed by atoms with Crippen LogP contribution in [0.2, 0.25) is 0 Å². The quantitative estimate of drug-likeness (QED) is 0.705. The first-order chi connectivity index (χ1) is 14.1. The van der Waals surface area contributed by atoms with Gasteiger partial charge in [0.15, 0.2) is 6.61 Å². The Morgan fingerprint density at radius 2 is 1.79 bits per heavy atom. The first kappa shape index (κ1) is 21.0. The van der Waals surface area contributed by atoms with Crippen LogP contribution in [-0.2, 0) is 4.79 Å². The highest BCUT2D eigenvalue weighted by Crippen LogP contribution is 2.26. The summed E-state index contributed by atoms with van der Waals surface area (Å²) in [6, 6.07) is 16.0. The minimum Gasteiger partial charge on any atom is -0.497 e. The molecule has 0 spiro atoms. The molecule has 2 aromatic rings. The summed E-state index contributed by atoms with van der Waals surface area (Å²) in [4.78, 5) is 16.9. The Morgan fingerprint density at radius 3 is 2.45 bits per heavy atom. The Hall–Kier alpha value is -2.73. The van der Waals surface area contributed by atoms with Gasteiger partial charge in [-0.15, -0.1) is 0 Å². The van der Waals surface area contributed by atoms with E-state index < -0.39 is 0 Å². The Labute approximate surface area is 173 Å². The minimum absolute atomic E-state index is 0.0144. The Kier molecular flexibility index (Phi) is 7.36. The van der Waals surface area contributed by atoms with Gasteiger partial charge in [-0.25, -0.2) is 0 Å². The summed E-state index contributed by atoms with van der Waals surface area (Å²) >= 11 is 0. The van der Waals surface area contributed by atoms with Crippen LogP contribution in [0.4, 0.5) is 5.69 Å². The summed E-state index contributed by atoms with van der Waals surface area (Å²) in [5.41, 5.74) is 2.40. The van der Waals surface area contributed by atoms with Crippen LogP contribution < -0.4 is 19.7 Å². The molecule has 1 heterocycles. The van der Waals surface area contributed by atoms with Crippen LogP contribution in [-0.4, -0.2) is 58.3 Å². The minimum atomic E-state index is -0.123. The lowest BCUT2D eigenvalue weighted by atomic mass is 10.0. The summed E-state index contributed by atoms with van der Waals surface area (Å²) in [5.74, 6) is 1.20. The zero-order chi connectivity index (χ0) is 20.6. The van der Waals surface area contributed by atoms with E-state index in [0.717, 1.165) is 13.1 Å². The zero-order valence-corrected chi connectivity index (χ0v) is 17.6. The van der Waals surface area contributed by atoms with Gasteiger partial charge in [0.05, 0.1) is 13.2 Å². The molecule has 1 aliphatic heterocycles. The van der Waals surface area contributed by atoms with Crippen LogP contribution in [0.15, 0.2) is 48.5 Å². The SMILES string of the molecule is COc1cccc(OCC(=O)NC[C@@H](c2ccc(N(C)C)cc2)N2CCCC2)c1. The molecular weight excluding hydrogens is 366 g/mol. The van der Waals surface area contributed by atoms with E-state index in [0.29, 0.717) is 18.0 Å². The van der Waals surface area contributed by atoms with Gasteiger partial charge in [-0.3, -0.25) is 9.69 Å². The van der Waals surface area contributed by atoms with Crippen molar-refractivity contribution in [1.29, 1.82) is 0 Å². The molecule has 1 saturated heterocycles. The van der Waals surface area contributed by atoms with E-state index in [1.165, 1.54) is 24.1 Å². The van der Waals surface area contributed by atoms with E-state index in [9.17, 15) is 4.79 Å². The van der Waals surface area contributed by atoms with E-state index >= 15 is 0 Å². The van der Waals surface area contributed by atoms with Gasteiger partial charge in [0.2, 0.25) is 0 Å². The number of hydrogen-bond acceptors (Lipinski definition) is 5. The van der Waals surface area contributed by atoms with Gasteiger partial charge in [0.1, 0.15) is 11.5 Å². The molecule has 0 aromatic heterocycles. The van der Waals surface area contributed by atoms with E-state index in [1.807, 2.05) is 32.3 Å². The van der Waals surface area contributed by atoms with Crippen LogP contribution in [0.1, 0.15) is 24.4 Å². The van der Waals surface area contributed by atoms with E-state index in [-0.39, 0.29) is 18.6 Å². The normalized spacial score (nSPS) is 15.0. The van der Waals surface area contributed by atoms with Crippen LogP contribution in [0.3, 0.4) is 0 Å². The standard InChI is InChI=1S/C23H31N3O3/c1-25(2)19-11-9-18(10-12-19)22(26-13-4-5-14-26)16-24-23(27)17-29-21-8-6-7-20(15-21)28-3/h6-12,15,22H,4-5,13-14,16-17H2,1-3H3,(H,24,27)/t22-/m0/s1. The molecule has 1 amide bonds. The van der Waals surface area contributed by atoms with Gasteiger partial charge in [-0.05, 0) is 55.8 Å². The van der Waals surface area contributed by atoms with Crippen molar-refractivity contribution >= 4 is 11.6 Å². The molecule has 3 rings (SSSR count). The lowest BCUT2D eigenvalue weighted by Crippen LogP contribution is -2.38. The highest BCUT2D eigenvalue weighted by atomic mass is 16.5. The Balaban J connectivity index is 1.58. The fraction of sp³-hybridized carbons (Fsp3) is 0.435. The van der Waals surface area contributed by atoms with Gasteiger partial charge < -0.3 is 19.7 Å². The largest absolute Gasteiger partial charge is 0.497 e. The number of carbonyl (C=O) groups excluding carboxylic acids is 1. The van der Waals surface area contributed by atoms with Crippen molar-refractivity contribution in [2.75, 3.05) is 52.3 Å². The summed E-state index contributed by atoms with van der Waals surface area (Å²) in [5, 5.41) is 3.05. The van der Waals surface area contributed by atoms with E-state index in [4.69, 9.17) is 9.47 Å². The molecule has 0 unspecified atom stereocenters. The molecule has 29 heavy (non-hydrogen) atoms. The monoisotopic (exact) mass is 397 g/mol. The molecule has 2 aromatic carbocycles. The second kappa shape index (κ2) is 10.2. The predicted octanol–water partition coefficient (Wildman–Crippen LogP) is 3.09. The predicted molar refractivity (Wildman–Crippen MR) is 116 cm³/mol. The maximum absolute atomic E-state index is 12.4. The van der Waals surface area contributed by atoms with Gasteiger partial charge >= 0.3 is 0 Å². The molecule has 0 aliphatic carbocycles. The van der Waals surface area contributed by atoms with Gasteiger partial charge in [0, 0.05) is 32.4 Å². The number of likely N-dealkylation sites (tertiary alicyclic amines) is 1. The average molecular weight is 398 g/mol. The van der Waals surface area contributed by atoms with Gasteiger partial charge in [0.25, 0.3) is 5.91 Å². The van der Waals surface area contributed by atoms with Crippen LogP contribution in [0, 0.1) is 0 Å². The second-order valence-electron chi connectivity index (χ2n) is 7.52. The summed E-state index contributed by atoms with van der Waals surface area (Å²) in [6.45, 7) is 2.69. The Bertz CT molecular complexity index is 786. The van der Waals surface area contributed by atoms with Crippen molar-refractivity contribution in [3.05, 3.63) is 54.1 Å². The van der Waals surface area contributed by atoms with Gasteiger partial charge in [-0.1, -0.05) is 18.2 Å². The number of ether oxygens (including phenoxy) is 2. The number of rotatable bonds is 9. The number of nitrogens with zero attached hydrogens (tertiary/aromatic N) is 2. The molecule has 1 N–H and O–H groups in total. The van der Waals surface area contributed by atoms with Crippen molar-refractivity contribution in [3.63, 3.8) is 0 Å². The third kappa shape index (κ3) is 5.87. The highest BCUT2D eigenvalue weighted by molar-refractivity contribution is 5.77. The molecule has 1 atom stereocenters.